The molecule has 0 aliphatic carbocycles. The first-order chi connectivity index (χ1) is 9.70. The molecule has 2 heterocycles. The van der Waals surface area contributed by atoms with Gasteiger partial charge in [-0.2, -0.15) is 0 Å². The normalized spacial score (nSPS) is 18.5. The van der Waals surface area contributed by atoms with Crippen molar-refractivity contribution in [1.82, 2.24) is 14.9 Å². The Hall–Kier alpha value is -1.49. The fraction of sp³-hybridized carbons (Fsp3) is 0.375. The molecule has 112 valence electrons. The Morgan fingerprint density at radius 1 is 1.24 bits per heavy atom. The molecule has 1 aliphatic heterocycles. The molecule has 1 fully saturated rings. The van der Waals surface area contributed by atoms with Gasteiger partial charge < -0.3 is 5.73 Å². The summed E-state index contributed by atoms with van der Waals surface area (Å²) in [5, 5.41) is 0. The maximum atomic E-state index is 5.95. The van der Waals surface area contributed by atoms with Crippen LogP contribution in [0.25, 0.3) is 11.3 Å². The lowest BCUT2D eigenvalue weighted by molar-refractivity contribution is 0.318. The molecular weight excluding hydrogens is 284 g/mol. The molecule has 3 rings (SSSR count). The van der Waals surface area contributed by atoms with Gasteiger partial charge in [0.15, 0.2) is 0 Å². The van der Waals surface area contributed by atoms with Crippen molar-refractivity contribution in [3.05, 3.63) is 47.9 Å². The standard InChI is InChI=1S/C16H20N4.ClH/c1-12-9-15(13-5-3-2-4-6-13)19-16(18-12)11-20-8-7-14(17)10-20;/h2-6,9,14H,7-8,10-11,17H2,1H3;1H. The highest BCUT2D eigenvalue weighted by Gasteiger charge is 2.20. The lowest BCUT2D eigenvalue weighted by Gasteiger charge is -2.15. The third kappa shape index (κ3) is 4.00. The van der Waals surface area contributed by atoms with Crippen molar-refractivity contribution in [1.29, 1.82) is 0 Å². The number of nitrogens with zero attached hydrogens (tertiary/aromatic N) is 3. The number of aryl methyl sites for hydroxylation is 1. The molecule has 4 nitrogen and oxygen atoms in total. The van der Waals surface area contributed by atoms with Crippen molar-refractivity contribution >= 4 is 12.4 Å². The topological polar surface area (TPSA) is 55.0 Å². The van der Waals surface area contributed by atoms with E-state index in [0.717, 1.165) is 48.8 Å². The van der Waals surface area contributed by atoms with Crippen molar-refractivity contribution in [3.8, 4) is 11.3 Å². The van der Waals surface area contributed by atoms with Crippen LogP contribution in [0.4, 0.5) is 0 Å². The zero-order chi connectivity index (χ0) is 13.9. The first-order valence-electron chi connectivity index (χ1n) is 7.08. The number of halogens is 1. The fourth-order valence-corrected chi connectivity index (χ4v) is 2.66. The first-order valence-corrected chi connectivity index (χ1v) is 7.08. The lowest BCUT2D eigenvalue weighted by Crippen LogP contribution is -2.27. The summed E-state index contributed by atoms with van der Waals surface area (Å²) >= 11 is 0. The molecule has 21 heavy (non-hydrogen) atoms. The van der Waals surface area contributed by atoms with Gasteiger partial charge >= 0.3 is 0 Å². The van der Waals surface area contributed by atoms with E-state index in [2.05, 4.69) is 22.0 Å². The van der Waals surface area contributed by atoms with Gasteiger partial charge in [0.1, 0.15) is 5.82 Å². The number of hydrogen-bond acceptors (Lipinski definition) is 4. The molecule has 0 spiro atoms. The quantitative estimate of drug-likeness (QED) is 0.946. The number of rotatable bonds is 3. The molecule has 0 bridgehead atoms. The van der Waals surface area contributed by atoms with Crippen molar-refractivity contribution in [2.75, 3.05) is 13.1 Å². The highest BCUT2D eigenvalue weighted by Crippen LogP contribution is 2.18. The van der Waals surface area contributed by atoms with E-state index in [4.69, 9.17) is 10.7 Å². The average Bonchev–Trinajstić information content (AvgIpc) is 2.84. The summed E-state index contributed by atoms with van der Waals surface area (Å²) in [7, 11) is 0. The van der Waals surface area contributed by atoms with E-state index in [9.17, 15) is 0 Å². The Bertz CT molecular complexity index is 588. The zero-order valence-electron chi connectivity index (χ0n) is 12.2. The summed E-state index contributed by atoms with van der Waals surface area (Å²) in [6.07, 6.45) is 1.07. The third-order valence-electron chi connectivity index (χ3n) is 3.64. The summed E-state index contributed by atoms with van der Waals surface area (Å²) in [4.78, 5) is 11.6. The second-order valence-corrected chi connectivity index (χ2v) is 5.46. The Labute approximate surface area is 131 Å². The predicted octanol–water partition coefficient (Wildman–Crippen LogP) is 2.41. The number of likely N-dealkylation sites (tertiary alicyclic amines) is 1. The summed E-state index contributed by atoms with van der Waals surface area (Å²) in [5.41, 5.74) is 9.09. The predicted molar refractivity (Wildman–Crippen MR) is 87.3 cm³/mol. The van der Waals surface area contributed by atoms with Crippen LogP contribution < -0.4 is 5.73 Å². The van der Waals surface area contributed by atoms with E-state index in [1.165, 1.54) is 0 Å². The van der Waals surface area contributed by atoms with Gasteiger partial charge in [-0.1, -0.05) is 30.3 Å². The van der Waals surface area contributed by atoms with Crippen molar-refractivity contribution in [2.24, 2.45) is 5.73 Å². The molecule has 0 saturated carbocycles. The zero-order valence-corrected chi connectivity index (χ0v) is 13.0. The van der Waals surface area contributed by atoms with Gasteiger partial charge in [0.25, 0.3) is 0 Å². The van der Waals surface area contributed by atoms with Crippen LogP contribution in [-0.2, 0) is 6.54 Å². The van der Waals surface area contributed by atoms with Crippen molar-refractivity contribution in [3.63, 3.8) is 0 Å². The van der Waals surface area contributed by atoms with Crippen molar-refractivity contribution in [2.45, 2.75) is 25.9 Å². The number of hydrogen-bond donors (Lipinski definition) is 1. The first kappa shape index (κ1) is 15.9. The second-order valence-electron chi connectivity index (χ2n) is 5.46. The molecule has 2 N–H and O–H groups in total. The van der Waals surface area contributed by atoms with Gasteiger partial charge in [-0.15, -0.1) is 12.4 Å². The van der Waals surface area contributed by atoms with Crippen LogP contribution in [0.3, 0.4) is 0 Å². The summed E-state index contributed by atoms with van der Waals surface area (Å²) in [5.74, 6) is 0.887. The van der Waals surface area contributed by atoms with Crippen LogP contribution in [0.2, 0.25) is 0 Å². The summed E-state index contributed by atoms with van der Waals surface area (Å²) in [6.45, 7) is 4.79. The van der Waals surface area contributed by atoms with Gasteiger partial charge in [0.05, 0.1) is 12.2 Å². The molecule has 0 amide bonds. The largest absolute Gasteiger partial charge is 0.326 e. The Morgan fingerprint density at radius 2 is 2.00 bits per heavy atom. The Balaban J connectivity index is 0.00000161. The van der Waals surface area contributed by atoms with Gasteiger partial charge in [0.2, 0.25) is 0 Å². The molecule has 1 atom stereocenters. The average molecular weight is 305 g/mol. The number of aromatic nitrogens is 2. The van der Waals surface area contributed by atoms with Crippen LogP contribution in [0, 0.1) is 6.92 Å². The maximum Gasteiger partial charge on any atom is 0.143 e. The Kier molecular flexibility index (Phi) is 5.28. The molecule has 1 aliphatic rings. The third-order valence-corrected chi connectivity index (χ3v) is 3.64. The molecule has 1 aromatic heterocycles. The number of nitrogens with two attached hydrogens (primary N) is 1. The minimum absolute atomic E-state index is 0. The van der Waals surface area contributed by atoms with E-state index in [0.29, 0.717) is 6.04 Å². The molecular formula is C16H21ClN4. The van der Waals surface area contributed by atoms with Crippen LogP contribution >= 0.6 is 12.4 Å². The summed E-state index contributed by atoms with van der Waals surface area (Å²) < 4.78 is 0. The molecule has 1 saturated heterocycles. The summed E-state index contributed by atoms with van der Waals surface area (Å²) in [6, 6.07) is 12.6. The van der Waals surface area contributed by atoms with E-state index in [1.807, 2.05) is 31.2 Å². The molecule has 1 aromatic carbocycles. The van der Waals surface area contributed by atoms with Gasteiger partial charge in [0, 0.05) is 30.4 Å². The maximum absolute atomic E-state index is 5.95. The molecule has 0 radical (unpaired) electrons. The minimum atomic E-state index is 0. The smallest absolute Gasteiger partial charge is 0.143 e. The highest BCUT2D eigenvalue weighted by atomic mass is 35.5. The Morgan fingerprint density at radius 3 is 2.67 bits per heavy atom. The van der Waals surface area contributed by atoms with Gasteiger partial charge in [-0.3, -0.25) is 4.90 Å². The van der Waals surface area contributed by atoms with Gasteiger partial charge in [-0.25, -0.2) is 9.97 Å². The van der Waals surface area contributed by atoms with Crippen LogP contribution in [0.5, 0.6) is 0 Å². The second kappa shape index (κ2) is 6.98. The van der Waals surface area contributed by atoms with Gasteiger partial charge in [-0.05, 0) is 19.4 Å². The van der Waals surface area contributed by atoms with Crippen molar-refractivity contribution < 1.29 is 0 Å². The lowest BCUT2D eigenvalue weighted by atomic mass is 10.1. The fourth-order valence-electron chi connectivity index (χ4n) is 2.66. The van der Waals surface area contributed by atoms with E-state index in [1.54, 1.807) is 0 Å². The van der Waals surface area contributed by atoms with Crippen LogP contribution in [0.1, 0.15) is 17.9 Å². The SMILES string of the molecule is Cc1cc(-c2ccccc2)nc(CN2CCC(N)C2)n1.Cl. The van der Waals surface area contributed by atoms with E-state index in [-0.39, 0.29) is 12.4 Å². The van der Waals surface area contributed by atoms with E-state index < -0.39 is 0 Å². The monoisotopic (exact) mass is 304 g/mol. The molecule has 2 aromatic rings. The van der Waals surface area contributed by atoms with Crippen LogP contribution in [0.15, 0.2) is 36.4 Å². The highest BCUT2D eigenvalue weighted by molar-refractivity contribution is 5.85. The van der Waals surface area contributed by atoms with Crippen LogP contribution in [-0.4, -0.2) is 34.0 Å². The van der Waals surface area contributed by atoms with E-state index >= 15 is 0 Å². The molecule has 1 unspecified atom stereocenters. The minimum Gasteiger partial charge on any atom is -0.326 e. The number of benzene rings is 1. The molecule has 5 heteroatoms.